The van der Waals surface area contributed by atoms with Crippen LogP contribution in [0.1, 0.15) is 36.3 Å². The molecule has 0 unspecified atom stereocenters. The zero-order chi connectivity index (χ0) is 13.8. The van der Waals surface area contributed by atoms with Crippen molar-refractivity contribution in [2.24, 2.45) is 0 Å². The molecule has 0 atom stereocenters. The highest BCUT2D eigenvalue weighted by atomic mass is 32.1. The Bertz CT molecular complexity index is 551. The lowest BCUT2D eigenvalue weighted by Crippen LogP contribution is -2.18. The molecule has 106 valence electrons. The zero-order valence-electron chi connectivity index (χ0n) is 11.3. The lowest BCUT2D eigenvalue weighted by Gasteiger charge is -2.06. The van der Waals surface area contributed by atoms with E-state index in [1.165, 1.54) is 36.3 Å². The van der Waals surface area contributed by atoms with Gasteiger partial charge in [-0.15, -0.1) is 11.3 Å². The minimum absolute atomic E-state index is 0.0737. The molecule has 5 nitrogen and oxygen atoms in total. The van der Waals surface area contributed by atoms with Gasteiger partial charge in [-0.05, 0) is 31.7 Å². The average Bonchev–Trinajstić information content (AvgIpc) is 3.00. The molecule has 2 aromatic heterocycles. The average molecular weight is 290 g/mol. The van der Waals surface area contributed by atoms with Crippen molar-refractivity contribution < 1.29 is 4.79 Å². The number of anilines is 1. The van der Waals surface area contributed by atoms with Crippen molar-refractivity contribution in [3.05, 3.63) is 29.0 Å². The summed E-state index contributed by atoms with van der Waals surface area (Å²) in [5, 5.41) is 7.64. The van der Waals surface area contributed by atoms with E-state index in [1.54, 1.807) is 28.4 Å². The second-order valence-electron chi connectivity index (χ2n) is 5.05. The first kappa shape index (κ1) is 13.3. The maximum Gasteiger partial charge on any atom is 0.247 e. The normalized spacial score (nSPS) is 15.2. The maximum atomic E-state index is 11.9. The standard InChI is InChI=1S/C14H18N4OS/c19-13(10-18-9-5-8-15-18)17-14-16-11-6-3-1-2-4-7-12(11)20-14/h5,8-9H,1-4,6-7,10H2,(H,16,17,19). The minimum atomic E-state index is -0.0737. The Balaban J connectivity index is 1.65. The van der Waals surface area contributed by atoms with Crippen LogP contribution in [0, 0.1) is 0 Å². The SMILES string of the molecule is O=C(Cn1cccn1)Nc1nc2c(s1)CCCCCC2. The van der Waals surface area contributed by atoms with Gasteiger partial charge in [-0.2, -0.15) is 5.10 Å². The van der Waals surface area contributed by atoms with Gasteiger partial charge < -0.3 is 5.32 Å². The molecule has 2 aromatic rings. The van der Waals surface area contributed by atoms with Crippen molar-refractivity contribution in [1.82, 2.24) is 14.8 Å². The zero-order valence-corrected chi connectivity index (χ0v) is 12.2. The highest BCUT2D eigenvalue weighted by molar-refractivity contribution is 7.15. The monoisotopic (exact) mass is 290 g/mol. The van der Waals surface area contributed by atoms with Crippen molar-refractivity contribution in [3.8, 4) is 0 Å². The van der Waals surface area contributed by atoms with Crippen LogP contribution in [0.3, 0.4) is 0 Å². The molecule has 0 bridgehead atoms. The maximum absolute atomic E-state index is 11.9. The highest BCUT2D eigenvalue weighted by Gasteiger charge is 2.14. The van der Waals surface area contributed by atoms with E-state index in [9.17, 15) is 4.79 Å². The third kappa shape index (κ3) is 3.25. The summed E-state index contributed by atoms with van der Waals surface area (Å²) in [6.45, 7) is 0.233. The first-order chi connectivity index (χ1) is 9.81. The number of rotatable bonds is 3. The second kappa shape index (κ2) is 6.17. The molecule has 1 N–H and O–H groups in total. The van der Waals surface area contributed by atoms with E-state index in [2.05, 4.69) is 15.4 Å². The summed E-state index contributed by atoms with van der Waals surface area (Å²) in [6.07, 6.45) is 10.6. The number of hydrogen-bond donors (Lipinski definition) is 1. The van der Waals surface area contributed by atoms with E-state index >= 15 is 0 Å². The highest BCUT2D eigenvalue weighted by Crippen LogP contribution is 2.28. The molecule has 0 spiro atoms. The van der Waals surface area contributed by atoms with Crippen molar-refractivity contribution in [1.29, 1.82) is 0 Å². The molecule has 3 rings (SSSR count). The Morgan fingerprint density at radius 3 is 2.95 bits per heavy atom. The van der Waals surface area contributed by atoms with Gasteiger partial charge >= 0.3 is 0 Å². The Labute approximate surface area is 122 Å². The summed E-state index contributed by atoms with van der Waals surface area (Å²) in [7, 11) is 0. The Kier molecular flexibility index (Phi) is 4.11. The number of carbonyl (C=O) groups is 1. The fourth-order valence-electron chi connectivity index (χ4n) is 2.46. The number of nitrogens with zero attached hydrogens (tertiary/aromatic N) is 3. The molecule has 1 aliphatic carbocycles. The van der Waals surface area contributed by atoms with Crippen LogP contribution in [0.5, 0.6) is 0 Å². The van der Waals surface area contributed by atoms with Crippen LogP contribution in [-0.4, -0.2) is 20.7 Å². The number of hydrogen-bond acceptors (Lipinski definition) is 4. The van der Waals surface area contributed by atoms with E-state index in [0.717, 1.165) is 18.0 Å². The van der Waals surface area contributed by atoms with Crippen LogP contribution in [0.25, 0.3) is 0 Å². The number of aryl methyl sites for hydroxylation is 2. The van der Waals surface area contributed by atoms with E-state index < -0.39 is 0 Å². The Morgan fingerprint density at radius 1 is 1.30 bits per heavy atom. The number of nitrogens with one attached hydrogen (secondary N) is 1. The molecule has 1 amide bonds. The van der Waals surface area contributed by atoms with Gasteiger partial charge in [0.2, 0.25) is 5.91 Å². The van der Waals surface area contributed by atoms with Crippen LogP contribution in [-0.2, 0) is 24.2 Å². The molecule has 2 heterocycles. The van der Waals surface area contributed by atoms with Crippen molar-refractivity contribution in [2.75, 3.05) is 5.32 Å². The number of carbonyl (C=O) groups excluding carboxylic acids is 1. The summed E-state index contributed by atoms with van der Waals surface area (Å²) < 4.78 is 1.61. The molecule has 0 fully saturated rings. The Morgan fingerprint density at radius 2 is 2.15 bits per heavy atom. The molecule has 0 aliphatic heterocycles. The molecule has 0 saturated carbocycles. The fraction of sp³-hybridized carbons (Fsp3) is 0.500. The molecular formula is C14H18N4OS. The van der Waals surface area contributed by atoms with Crippen molar-refractivity contribution >= 4 is 22.4 Å². The van der Waals surface area contributed by atoms with Gasteiger partial charge in [-0.1, -0.05) is 12.8 Å². The molecule has 1 aliphatic rings. The molecule has 0 saturated heterocycles. The predicted molar refractivity (Wildman–Crippen MR) is 78.8 cm³/mol. The van der Waals surface area contributed by atoms with Crippen LogP contribution in [0.15, 0.2) is 18.5 Å². The van der Waals surface area contributed by atoms with Crippen molar-refractivity contribution in [2.45, 2.75) is 45.1 Å². The van der Waals surface area contributed by atoms with E-state index in [-0.39, 0.29) is 12.5 Å². The van der Waals surface area contributed by atoms with Gasteiger partial charge in [0.25, 0.3) is 0 Å². The molecule has 0 radical (unpaired) electrons. The number of thiazole rings is 1. The second-order valence-corrected chi connectivity index (χ2v) is 6.14. The molecular weight excluding hydrogens is 272 g/mol. The van der Waals surface area contributed by atoms with Crippen LogP contribution in [0.4, 0.5) is 5.13 Å². The molecule has 20 heavy (non-hydrogen) atoms. The topological polar surface area (TPSA) is 59.8 Å². The van der Waals surface area contributed by atoms with Crippen LogP contribution in [0.2, 0.25) is 0 Å². The van der Waals surface area contributed by atoms with Gasteiger partial charge in [-0.25, -0.2) is 4.98 Å². The van der Waals surface area contributed by atoms with Gasteiger partial charge in [0, 0.05) is 17.3 Å². The van der Waals surface area contributed by atoms with Gasteiger partial charge in [0.1, 0.15) is 6.54 Å². The molecule has 0 aromatic carbocycles. The fourth-order valence-corrected chi connectivity index (χ4v) is 3.52. The van der Waals surface area contributed by atoms with Gasteiger partial charge in [-0.3, -0.25) is 9.48 Å². The predicted octanol–water partition coefficient (Wildman–Crippen LogP) is 2.64. The first-order valence-corrected chi connectivity index (χ1v) is 7.89. The Hall–Kier alpha value is -1.69. The number of aromatic nitrogens is 3. The van der Waals surface area contributed by atoms with E-state index in [4.69, 9.17) is 0 Å². The van der Waals surface area contributed by atoms with Crippen molar-refractivity contribution in [3.63, 3.8) is 0 Å². The number of amides is 1. The molecule has 6 heteroatoms. The summed E-state index contributed by atoms with van der Waals surface area (Å²) >= 11 is 1.63. The lowest BCUT2D eigenvalue weighted by atomic mass is 10.0. The third-order valence-electron chi connectivity index (χ3n) is 3.46. The quantitative estimate of drug-likeness (QED) is 0.945. The smallest absolute Gasteiger partial charge is 0.247 e. The largest absolute Gasteiger partial charge is 0.300 e. The number of fused-ring (bicyclic) bond motifs is 1. The summed E-state index contributed by atoms with van der Waals surface area (Å²) in [6, 6.07) is 1.81. The van der Waals surface area contributed by atoms with Crippen LogP contribution >= 0.6 is 11.3 Å². The summed E-state index contributed by atoms with van der Waals surface area (Å²) in [5.41, 5.74) is 1.18. The van der Waals surface area contributed by atoms with Gasteiger partial charge in [0.15, 0.2) is 5.13 Å². The minimum Gasteiger partial charge on any atom is -0.300 e. The van der Waals surface area contributed by atoms with Gasteiger partial charge in [0.05, 0.1) is 5.69 Å². The van der Waals surface area contributed by atoms with Crippen LogP contribution < -0.4 is 5.32 Å². The van der Waals surface area contributed by atoms with E-state index in [0.29, 0.717) is 0 Å². The third-order valence-corrected chi connectivity index (χ3v) is 4.53. The lowest BCUT2D eigenvalue weighted by molar-refractivity contribution is -0.116. The van der Waals surface area contributed by atoms with E-state index in [1.807, 2.05) is 6.07 Å². The summed E-state index contributed by atoms with van der Waals surface area (Å²) in [4.78, 5) is 17.8. The summed E-state index contributed by atoms with van der Waals surface area (Å²) in [5.74, 6) is -0.0737. The first-order valence-electron chi connectivity index (χ1n) is 7.07.